The van der Waals surface area contributed by atoms with E-state index in [1.54, 1.807) is 0 Å². The predicted octanol–water partition coefficient (Wildman–Crippen LogP) is 5.08. The Bertz CT molecular complexity index is 820. The molecule has 0 saturated heterocycles. The lowest BCUT2D eigenvalue weighted by Gasteiger charge is -2.08. The van der Waals surface area contributed by atoms with E-state index in [4.69, 9.17) is 5.73 Å². The van der Waals surface area contributed by atoms with E-state index in [0.29, 0.717) is 12.5 Å². The molecular weight excluding hydrogens is 280 g/mol. The molecule has 0 aliphatic heterocycles. The second kappa shape index (κ2) is 6.21. The van der Waals surface area contributed by atoms with Crippen molar-refractivity contribution in [1.29, 1.82) is 0 Å². The molecule has 0 aliphatic carbocycles. The molecule has 0 radical (unpaired) electrons. The van der Waals surface area contributed by atoms with E-state index in [-0.39, 0.29) is 0 Å². The average molecular weight is 306 g/mol. The Hall–Kier alpha value is -2.06. The molecule has 2 nitrogen and oxygen atoms in total. The van der Waals surface area contributed by atoms with Gasteiger partial charge in [0.2, 0.25) is 0 Å². The van der Waals surface area contributed by atoms with E-state index in [1.807, 2.05) is 0 Å². The summed E-state index contributed by atoms with van der Waals surface area (Å²) in [5, 5.41) is 1.32. The third-order valence-corrected chi connectivity index (χ3v) is 4.50. The Morgan fingerprint density at radius 1 is 1.00 bits per heavy atom. The van der Waals surface area contributed by atoms with Gasteiger partial charge in [0.1, 0.15) is 0 Å². The molecule has 2 heteroatoms. The van der Waals surface area contributed by atoms with Crippen LogP contribution in [0.5, 0.6) is 0 Å². The van der Waals surface area contributed by atoms with Crippen LogP contribution in [0.15, 0.2) is 36.4 Å². The summed E-state index contributed by atoms with van der Waals surface area (Å²) in [7, 11) is 0. The molecule has 0 aliphatic rings. The fraction of sp³-hybridized carbons (Fsp3) is 0.333. The molecular formula is C21H26N2. The number of hydrogen-bond donors (Lipinski definition) is 2. The highest BCUT2D eigenvalue weighted by atomic mass is 14.7. The molecule has 3 N–H and O–H groups in total. The number of aromatic nitrogens is 1. The van der Waals surface area contributed by atoms with Crippen molar-refractivity contribution in [3.63, 3.8) is 0 Å². The molecule has 0 unspecified atom stereocenters. The lowest BCUT2D eigenvalue weighted by Crippen LogP contribution is -2.03. The number of fused-ring (bicyclic) bond motifs is 1. The molecule has 0 bridgehead atoms. The summed E-state index contributed by atoms with van der Waals surface area (Å²) < 4.78 is 0. The van der Waals surface area contributed by atoms with E-state index in [0.717, 1.165) is 6.42 Å². The third-order valence-electron chi connectivity index (χ3n) is 4.50. The number of benzene rings is 2. The van der Waals surface area contributed by atoms with Crippen LogP contribution in [0.3, 0.4) is 0 Å². The van der Waals surface area contributed by atoms with Crippen molar-refractivity contribution in [3.8, 4) is 11.3 Å². The Morgan fingerprint density at radius 3 is 2.30 bits per heavy atom. The largest absolute Gasteiger partial charge is 0.354 e. The van der Waals surface area contributed by atoms with Gasteiger partial charge >= 0.3 is 0 Å². The van der Waals surface area contributed by atoms with Crippen LogP contribution in [0.4, 0.5) is 0 Å². The van der Waals surface area contributed by atoms with Crippen LogP contribution in [-0.2, 0) is 6.42 Å². The number of hydrogen-bond acceptors (Lipinski definition) is 1. The van der Waals surface area contributed by atoms with Crippen LogP contribution < -0.4 is 5.73 Å². The number of rotatable bonds is 4. The van der Waals surface area contributed by atoms with Crippen molar-refractivity contribution < 1.29 is 0 Å². The van der Waals surface area contributed by atoms with Crippen molar-refractivity contribution in [1.82, 2.24) is 4.98 Å². The molecule has 2 aromatic carbocycles. The van der Waals surface area contributed by atoms with Crippen LogP contribution >= 0.6 is 0 Å². The van der Waals surface area contributed by atoms with Gasteiger partial charge in [0.25, 0.3) is 0 Å². The number of aromatic amines is 1. The highest BCUT2D eigenvalue weighted by molar-refractivity contribution is 5.91. The SMILES string of the molecule is Cc1cc(C)cc(-c2[nH]c3ccc(C(C)C)cc3c2CCN)c1. The molecule has 0 fully saturated rings. The first-order valence-electron chi connectivity index (χ1n) is 8.43. The zero-order valence-corrected chi connectivity index (χ0v) is 14.5. The smallest absolute Gasteiger partial charge is 0.0498 e. The Morgan fingerprint density at radius 2 is 1.70 bits per heavy atom. The zero-order chi connectivity index (χ0) is 16.6. The normalized spacial score (nSPS) is 11.6. The molecule has 0 saturated carbocycles. The standard InChI is InChI=1S/C21H26N2/c1-13(2)16-5-6-20-19(12-16)18(7-8-22)21(23-20)17-10-14(3)9-15(4)11-17/h5-6,9-13,23H,7-8,22H2,1-4H3. The molecule has 120 valence electrons. The fourth-order valence-electron chi connectivity index (χ4n) is 3.39. The van der Waals surface area contributed by atoms with Crippen molar-refractivity contribution >= 4 is 10.9 Å². The molecule has 3 aromatic rings. The van der Waals surface area contributed by atoms with Gasteiger partial charge < -0.3 is 10.7 Å². The first kappa shape index (κ1) is 15.8. The first-order valence-corrected chi connectivity index (χ1v) is 8.43. The summed E-state index contributed by atoms with van der Waals surface area (Å²) in [5.41, 5.74) is 14.9. The minimum Gasteiger partial charge on any atom is -0.354 e. The molecule has 3 rings (SSSR count). The van der Waals surface area contributed by atoms with Gasteiger partial charge in [-0.1, -0.05) is 37.1 Å². The molecule has 0 spiro atoms. The van der Waals surface area contributed by atoms with Crippen molar-refractivity contribution in [2.75, 3.05) is 6.54 Å². The van der Waals surface area contributed by atoms with E-state index in [9.17, 15) is 0 Å². The van der Waals surface area contributed by atoms with Crippen molar-refractivity contribution in [2.24, 2.45) is 5.73 Å². The van der Waals surface area contributed by atoms with E-state index in [1.165, 1.54) is 44.4 Å². The lowest BCUT2D eigenvalue weighted by atomic mass is 9.97. The Kier molecular flexibility index (Phi) is 4.27. The topological polar surface area (TPSA) is 41.8 Å². The van der Waals surface area contributed by atoms with Gasteiger partial charge in [-0.15, -0.1) is 0 Å². The second-order valence-corrected chi connectivity index (χ2v) is 6.85. The van der Waals surface area contributed by atoms with Gasteiger partial charge in [-0.25, -0.2) is 0 Å². The summed E-state index contributed by atoms with van der Waals surface area (Å²) in [6.07, 6.45) is 0.893. The monoisotopic (exact) mass is 306 g/mol. The zero-order valence-electron chi connectivity index (χ0n) is 14.5. The quantitative estimate of drug-likeness (QED) is 0.693. The number of nitrogens with two attached hydrogens (primary N) is 1. The molecule has 1 aromatic heterocycles. The minimum atomic E-state index is 0.532. The second-order valence-electron chi connectivity index (χ2n) is 6.85. The number of nitrogens with one attached hydrogen (secondary N) is 1. The number of H-pyrrole nitrogens is 1. The van der Waals surface area contributed by atoms with Crippen LogP contribution in [-0.4, -0.2) is 11.5 Å². The van der Waals surface area contributed by atoms with Gasteiger partial charge in [-0.3, -0.25) is 0 Å². The van der Waals surface area contributed by atoms with Crippen LogP contribution in [0.1, 0.15) is 42.0 Å². The van der Waals surface area contributed by atoms with Crippen LogP contribution in [0.25, 0.3) is 22.2 Å². The maximum absolute atomic E-state index is 5.90. The first-order chi connectivity index (χ1) is 11.0. The van der Waals surface area contributed by atoms with Gasteiger partial charge in [0.05, 0.1) is 0 Å². The maximum Gasteiger partial charge on any atom is 0.0498 e. The summed E-state index contributed by atoms with van der Waals surface area (Å²) in [6.45, 7) is 9.44. The lowest BCUT2D eigenvalue weighted by molar-refractivity contribution is 0.868. The highest BCUT2D eigenvalue weighted by Crippen LogP contribution is 2.33. The van der Waals surface area contributed by atoms with Crippen LogP contribution in [0, 0.1) is 13.8 Å². The Labute approximate surface area is 138 Å². The Balaban J connectivity index is 2.25. The van der Waals surface area contributed by atoms with Crippen LogP contribution in [0.2, 0.25) is 0 Å². The van der Waals surface area contributed by atoms with Crippen molar-refractivity contribution in [3.05, 3.63) is 58.7 Å². The van der Waals surface area contributed by atoms with E-state index < -0.39 is 0 Å². The minimum absolute atomic E-state index is 0.532. The molecule has 0 atom stereocenters. The van der Waals surface area contributed by atoms with Crippen molar-refractivity contribution in [2.45, 2.75) is 40.0 Å². The van der Waals surface area contributed by atoms with Gasteiger partial charge in [0.15, 0.2) is 0 Å². The predicted molar refractivity (Wildman–Crippen MR) is 100 cm³/mol. The molecule has 1 heterocycles. The average Bonchev–Trinajstić information content (AvgIpc) is 2.85. The number of aryl methyl sites for hydroxylation is 2. The van der Waals surface area contributed by atoms with Gasteiger partial charge in [-0.2, -0.15) is 0 Å². The van der Waals surface area contributed by atoms with E-state index in [2.05, 4.69) is 69.1 Å². The van der Waals surface area contributed by atoms with E-state index >= 15 is 0 Å². The third kappa shape index (κ3) is 3.04. The maximum atomic E-state index is 5.90. The highest BCUT2D eigenvalue weighted by Gasteiger charge is 2.14. The fourth-order valence-corrected chi connectivity index (χ4v) is 3.39. The molecule has 0 amide bonds. The summed E-state index contributed by atoms with van der Waals surface area (Å²) in [6, 6.07) is 13.5. The van der Waals surface area contributed by atoms with Gasteiger partial charge in [0, 0.05) is 16.6 Å². The summed E-state index contributed by atoms with van der Waals surface area (Å²) in [4.78, 5) is 3.63. The van der Waals surface area contributed by atoms with Gasteiger partial charge in [-0.05, 0) is 73.7 Å². The summed E-state index contributed by atoms with van der Waals surface area (Å²) in [5.74, 6) is 0.532. The molecule has 23 heavy (non-hydrogen) atoms. The summed E-state index contributed by atoms with van der Waals surface area (Å²) >= 11 is 0.